The van der Waals surface area contributed by atoms with E-state index in [2.05, 4.69) is 4.98 Å². The number of hydrogen-bond acceptors (Lipinski definition) is 4. The highest BCUT2D eigenvalue weighted by atomic mass is 32.1. The maximum atomic E-state index is 10.9. The molecular formula is C13H13NO3S. The third-order valence-electron chi connectivity index (χ3n) is 2.62. The highest BCUT2D eigenvalue weighted by molar-refractivity contribution is 7.11. The Bertz CT molecular complexity index is 577. The molecule has 2 rings (SSSR count). The summed E-state index contributed by atoms with van der Waals surface area (Å²) in [6.07, 6.45) is 0.587. The van der Waals surface area contributed by atoms with Crippen LogP contribution in [0.1, 0.15) is 31.5 Å². The van der Waals surface area contributed by atoms with Gasteiger partial charge in [0.2, 0.25) is 0 Å². The summed E-state index contributed by atoms with van der Waals surface area (Å²) in [7, 11) is 0. The van der Waals surface area contributed by atoms with Crippen molar-refractivity contribution in [1.29, 1.82) is 0 Å². The zero-order valence-electron chi connectivity index (χ0n) is 9.88. The Morgan fingerprint density at radius 2 is 2.22 bits per heavy atom. The number of aromatic nitrogens is 1. The second-order valence-corrected chi connectivity index (χ2v) is 5.24. The van der Waals surface area contributed by atoms with Crippen LogP contribution in [0, 0.1) is 6.92 Å². The fraction of sp³-hybridized carbons (Fsp3) is 0.231. The van der Waals surface area contributed by atoms with Crippen molar-refractivity contribution >= 4 is 17.3 Å². The predicted molar refractivity (Wildman–Crippen MR) is 69.0 cm³/mol. The second kappa shape index (κ2) is 5.29. The summed E-state index contributed by atoms with van der Waals surface area (Å²) in [6.45, 7) is 1.90. The molecule has 18 heavy (non-hydrogen) atoms. The van der Waals surface area contributed by atoms with E-state index in [1.807, 2.05) is 13.0 Å². The Morgan fingerprint density at radius 1 is 1.44 bits per heavy atom. The first-order chi connectivity index (χ1) is 8.60. The van der Waals surface area contributed by atoms with Gasteiger partial charge < -0.3 is 10.2 Å². The van der Waals surface area contributed by atoms with Crippen LogP contribution in [0.25, 0.3) is 0 Å². The van der Waals surface area contributed by atoms with Gasteiger partial charge in [-0.1, -0.05) is 12.1 Å². The Labute approximate surface area is 109 Å². The molecule has 0 atom stereocenters. The molecule has 0 aliphatic heterocycles. The average molecular weight is 263 g/mol. The van der Waals surface area contributed by atoms with Crippen molar-refractivity contribution in [2.24, 2.45) is 0 Å². The van der Waals surface area contributed by atoms with Crippen molar-refractivity contribution in [1.82, 2.24) is 4.98 Å². The molecule has 2 aromatic rings. The number of aliphatic hydroxyl groups excluding tert-OH is 1. The highest BCUT2D eigenvalue weighted by Gasteiger charge is 2.09. The third kappa shape index (κ3) is 2.75. The summed E-state index contributed by atoms with van der Waals surface area (Å²) in [6, 6.07) is 6.83. The Morgan fingerprint density at radius 3 is 2.83 bits per heavy atom. The van der Waals surface area contributed by atoms with Gasteiger partial charge in [0.05, 0.1) is 17.9 Å². The molecule has 1 heterocycles. The standard InChI is InChI=1S/C13H13NO3S/c1-8-11(14-12(7-15)18-8)6-9-3-2-4-10(5-9)13(16)17/h2-5,15H,6-7H2,1H3,(H,16,17). The Balaban J connectivity index is 2.25. The van der Waals surface area contributed by atoms with Crippen LogP contribution in [0.15, 0.2) is 24.3 Å². The molecule has 0 aliphatic rings. The molecule has 0 amide bonds. The fourth-order valence-corrected chi connectivity index (χ4v) is 2.54. The van der Waals surface area contributed by atoms with Crippen LogP contribution in [0.2, 0.25) is 0 Å². The van der Waals surface area contributed by atoms with Crippen LogP contribution >= 0.6 is 11.3 Å². The first kappa shape index (κ1) is 12.7. The zero-order valence-corrected chi connectivity index (χ0v) is 10.7. The molecule has 0 radical (unpaired) electrons. The number of carboxylic acids is 1. The van der Waals surface area contributed by atoms with Gasteiger partial charge in [-0.15, -0.1) is 11.3 Å². The molecule has 0 aliphatic carbocycles. The molecule has 0 bridgehead atoms. The summed E-state index contributed by atoms with van der Waals surface area (Å²) in [5, 5.41) is 18.6. The van der Waals surface area contributed by atoms with Crippen molar-refractivity contribution in [2.75, 3.05) is 0 Å². The van der Waals surface area contributed by atoms with E-state index in [1.54, 1.807) is 18.2 Å². The van der Waals surface area contributed by atoms with E-state index in [0.29, 0.717) is 11.4 Å². The van der Waals surface area contributed by atoms with Crippen LogP contribution < -0.4 is 0 Å². The predicted octanol–water partition coefficient (Wildman–Crippen LogP) is 2.23. The van der Waals surface area contributed by atoms with Crippen LogP contribution in [-0.4, -0.2) is 21.2 Å². The van der Waals surface area contributed by atoms with Crippen molar-refractivity contribution in [3.63, 3.8) is 0 Å². The van der Waals surface area contributed by atoms with Gasteiger partial charge >= 0.3 is 5.97 Å². The minimum absolute atomic E-state index is 0.0549. The molecule has 0 spiro atoms. The number of aromatic carboxylic acids is 1. The molecular weight excluding hydrogens is 250 g/mol. The Hall–Kier alpha value is -1.72. The minimum Gasteiger partial charge on any atom is -0.478 e. The van der Waals surface area contributed by atoms with E-state index >= 15 is 0 Å². The lowest BCUT2D eigenvalue weighted by Gasteiger charge is -2.01. The monoisotopic (exact) mass is 263 g/mol. The summed E-state index contributed by atoms with van der Waals surface area (Å²) in [5.74, 6) is -0.928. The molecule has 1 aromatic carbocycles. The van der Waals surface area contributed by atoms with Crippen LogP contribution in [0.4, 0.5) is 0 Å². The summed E-state index contributed by atoms with van der Waals surface area (Å²) < 4.78 is 0. The average Bonchev–Trinajstić information content (AvgIpc) is 2.70. The van der Waals surface area contributed by atoms with Crippen LogP contribution in [-0.2, 0) is 13.0 Å². The van der Waals surface area contributed by atoms with Crippen molar-refractivity contribution in [2.45, 2.75) is 20.0 Å². The highest BCUT2D eigenvalue weighted by Crippen LogP contribution is 2.20. The summed E-state index contributed by atoms with van der Waals surface area (Å²) >= 11 is 1.47. The molecule has 0 saturated carbocycles. The van der Waals surface area contributed by atoms with Crippen molar-refractivity contribution in [3.05, 3.63) is 51.0 Å². The molecule has 0 unspecified atom stereocenters. The lowest BCUT2D eigenvalue weighted by atomic mass is 10.1. The van der Waals surface area contributed by atoms with E-state index in [1.165, 1.54) is 11.3 Å². The van der Waals surface area contributed by atoms with Crippen LogP contribution in [0.5, 0.6) is 0 Å². The maximum absolute atomic E-state index is 10.9. The molecule has 1 aromatic heterocycles. The Kier molecular flexibility index (Phi) is 3.74. The van der Waals surface area contributed by atoms with Crippen molar-refractivity contribution < 1.29 is 15.0 Å². The number of aliphatic hydroxyl groups is 1. The number of rotatable bonds is 4. The smallest absolute Gasteiger partial charge is 0.335 e. The lowest BCUT2D eigenvalue weighted by molar-refractivity contribution is 0.0696. The molecule has 4 nitrogen and oxygen atoms in total. The van der Waals surface area contributed by atoms with Gasteiger partial charge in [-0.2, -0.15) is 0 Å². The number of benzene rings is 1. The first-order valence-electron chi connectivity index (χ1n) is 5.48. The van der Waals surface area contributed by atoms with E-state index < -0.39 is 5.97 Å². The summed E-state index contributed by atoms with van der Waals surface area (Å²) in [5.41, 5.74) is 2.09. The van der Waals surface area contributed by atoms with Crippen molar-refractivity contribution in [3.8, 4) is 0 Å². The molecule has 5 heteroatoms. The van der Waals surface area contributed by atoms with Gasteiger partial charge in [0.15, 0.2) is 0 Å². The van der Waals surface area contributed by atoms with Gasteiger partial charge in [0.1, 0.15) is 5.01 Å². The van der Waals surface area contributed by atoms with Gasteiger partial charge in [0, 0.05) is 11.3 Å². The molecule has 2 N–H and O–H groups in total. The van der Waals surface area contributed by atoms with E-state index in [0.717, 1.165) is 16.1 Å². The topological polar surface area (TPSA) is 70.4 Å². The molecule has 0 fully saturated rings. The lowest BCUT2D eigenvalue weighted by Crippen LogP contribution is -1.98. The normalized spacial score (nSPS) is 10.6. The number of hydrogen-bond donors (Lipinski definition) is 2. The maximum Gasteiger partial charge on any atom is 0.335 e. The third-order valence-corrected chi connectivity index (χ3v) is 3.62. The summed E-state index contributed by atoms with van der Waals surface area (Å²) in [4.78, 5) is 16.3. The number of carbonyl (C=O) groups is 1. The molecule has 0 saturated heterocycles. The SMILES string of the molecule is Cc1sc(CO)nc1Cc1cccc(C(=O)O)c1. The number of carboxylic acid groups (broad SMARTS) is 1. The minimum atomic E-state index is -0.928. The van der Waals surface area contributed by atoms with Gasteiger partial charge in [-0.3, -0.25) is 0 Å². The fourth-order valence-electron chi connectivity index (χ4n) is 1.73. The van der Waals surface area contributed by atoms with E-state index in [-0.39, 0.29) is 12.2 Å². The van der Waals surface area contributed by atoms with E-state index in [9.17, 15) is 4.79 Å². The van der Waals surface area contributed by atoms with Gasteiger partial charge in [-0.25, -0.2) is 9.78 Å². The quantitative estimate of drug-likeness (QED) is 0.887. The van der Waals surface area contributed by atoms with Crippen LogP contribution in [0.3, 0.4) is 0 Å². The van der Waals surface area contributed by atoms with Gasteiger partial charge in [-0.05, 0) is 24.6 Å². The van der Waals surface area contributed by atoms with Gasteiger partial charge in [0.25, 0.3) is 0 Å². The largest absolute Gasteiger partial charge is 0.478 e. The first-order valence-corrected chi connectivity index (χ1v) is 6.30. The molecule has 94 valence electrons. The van der Waals surface area contributed by atoms with E-state index in [4.69, 9.17) is 10.2 Å². The second-order valence-electron chi connectivity index (χ2n) is 3.95. The number of aryl methyl sites for hydroxylation is 1. The number of nitrogens with zero attached hydrogens (tertiary/aromatic N) is 1. The zero-order chi connectivity index (χ0) is 13.1. The number of thiazole rings is 1.